The fourth-order valence-corrected chi connectivity index (χ4v) is 3.56. The Labute approximate surface area is 163 Å². The Bertz CT molecular complexity index is 946. The van der Waals surface area contributed by atoms with Gasteiger partial charge < -0.3 is 9.88 Å². The lowest BCUT2D eigenvalue weighted by atomic mass is 10.1. The summed E-state index contributed by atoms with van der Waals surface area (Å²) in [4.78, 5) is 17.5. The maximum atomic E-state index is 12.7. The van der Waals surface area contributed by atoms with Crippen LogP contribution in [0.3, 0.4) is 0 Å². The number of carbonyl (C=O) groups excluding carboxylic acids is 1. The average molecular weight is 379 g/mol. The monoisotopic (exact) mass is 378 g/mol. The second-order valence-corrected chi connectivity index (χ2v) is 7.18. The molecule has 1 heterocycles. The summed E-state index contributed by atoms with van der Waals surface area (Å²) in [6, 6.07) is 19.1. The number of nitrogens with one attached hydrogen (secondary N) is 1. The van der Waals surface area contributed by atoms with Crippen molar-refractivity contribution >= 4 is 28.7 Å². The van der Waals surface area contributed by atoms with Gasteiger partial charge in [0.15, 0.2) is 0 Å². The molecule has 0 spiro atoms. The van der Waals surface area contributed by atoms with Crippen molar-refractivity contribution in [2.75, 3.05) is 12.0 Å². The topological polar surface area (TPSA) is 70.7 Å². The molecule has 0 fully saturated rings. The molecule has 0 unspecified atom stereocenters. The number of rotatable bonds is 8. The molecule has 3 rings (SSSR count). The number of para-hydroxylation sites is 2. The molecule has 0 aliphatic heterocycles. The molecule has 0 saturated heterocycles. The van der Waals surface area contributed by atoms with E-state index in [1.165, 1.54) is 0 Å². The Balaban J connectivity index is 1.96. The summed E-state index contributed by atoms with van der Waals surface area (Å²) in [5.74, 6) is 1.60. The first-order chi connectivity index (χ1) is 13.2. The number of imidazole rings is 1. The minimum absolute atomic E-state index is 0.111. The average Bonchev–Trinajstić information content (AvgIpc) is 3.08. The van der Waals surface area contributed by atoms with Crippen LogP contribution in [0, 0.1) is 11.3 Å². The Hall–Kier alpha value is -2.78. The molecule has 0 saturated carbocycles. The first kappa shape index (κ1) is 19.0. The van der Waals surface area contributed by atoms with E-state index in [1.54, 1.807) is 23.9 Å². The standard InChI is InChI=1S/C21H22N4OS/c1-27-15-12-18(24-21(26)16-8-3-2-4-9-16)20-23-17-10-5-6-11-19(17)25(20)14-7-13-22/h2-6,8-11,18H,7,12,14-15H2,1H3,(H,24,26)/t18-/m0/s1. The normalized spacial score (nSPS) is 11.9. The smallest absolute Gasteiger partial charge is 0.251 e. The van der Waals surface area contributed by atoms with Gasteiger partial charge in [0.2, 0.25) is 0 Å². The van der Waals surface area contributed by atoms with Crippen molar-refractivity contribution in [3.63, 3.8) is 0 Å². The molecule has 6 heteroatoms. The van der Waals surface area contributed by atoms with Gasteiger partial charge in [-0.15, -0.1) is 0 Å². The Morgan fingerprint density at radius 2 is 1.96 bits per heavy atom. The van der Waals surface area contributed by atoms with Gasteiger partial charge in [-0.05, 0) is 42.7 Å². The molecule has 1 atom stereocenters. The van der Waals surface area contributed by atoms with Crippen molar-refractivity contribution in [1.29, 1.82) is 5.26 Å². The van der Waals surface area contributed by atoms with E-state index in [0.717, 1.165) is 29.0 Å². The van der Waals surface area contributed by atoms with Crippen LogP contribution < -0.4 is 5.32 Å². The van der Waals surface area contributed by atoms with E-state index in [1.807, 2.05) is 42.5 Å². The number of hydrogen-bond donors (Lipinski definition) is 1. The van der Waals surface area contributed by atoms with Gasteiger partial charge in [0.1, 0.15) is 5.82 Å². The second-order valence-electron chi connectivity index (χ2n) is 6.19. The van der Waals surface area contributed by atoms with Crippen molar-refractivity contribution < 1.29 is 4.79 Å². The molecule has 0 bridgehead atoms. The summed E-state index contributed by atoms with van der Waals surface area (Å²) in [7, 11) is 0. The molecule has 5 nitrogen and oxygen atoms in total. The number of aryl methyl sites for hydroxylation is 1. The Morgan fingerprint density at radius 1 is 1.22 bits per heavy atom. The van der Waals surface area contributed by atoms with Crippen LogP contribution in [-0.4, -0.2) is 27.5 Å². The van der Waals surface area contributed by atoms with Crippen LogP contribution in [0.4, 0.5) is 0 Å². The van der Waals surface area contributed by atoms with E-state index < -0.39 is 0 Å². The highest BCUT2D eigenvalue weighted by molar-refractivity contribution is 7.98. The molecule has 0 aliphatic carbocycles. The number of thioether (sulfide) groups is 1. The number of aromatic nitrogens is 2. The van der Waals surface area contributed by atoms with Crippen LogP contribution >= 0.6 is 11.8 Å². The van der Waals surface area contributed by atoms with E-state index in [2.05, 4.69) is 22.2 Å². The van der Waals surface area contributed by atoms with Crippen molar-refractivity contribution in [2.24, 2.45) is 0 Å². The molecule has 3 aromatic rings. The zero-order valence-corrected chi connectivity index (χ0v) is 16.1. The van der Waals surface area contributed by atoms with Crippen molar-refractivity contribution in [1.82, 2.24) is 14.9 Å². The second kappa shape index (κ2) is 9.24. The summed E-state index contributed by atoms with van der Waals surface area (Å²) in [5.41, 5.74) is 2.51. The molecule has 2 aromatic carbocycles. The predicted molar refractivity (Wildman–Crippen MR) is 110 cm³/mol. The molecule has 0 radical (unpaired) electrons. The zero-order chi connectivity index (χ0) is 19.1. The number of amides is 1. The summed E-state index contributed by atoms with van der Waals surface area (Å²) in [5, 5.41) is 12.2. The zero-order valence-electron chi connectivity index (χ0n) is 15.3. The van der Waals surface area contributed by atoms with E-state index in [0.29, 0.717) is 18.5 Å². The minimum Gasteiger partial charge on any atom is -0.342 e. The summed E-state index contributed by atoms with van der Waals surface area (Å²) < 4.78 is 2.06. The van der Waals surface area contributed by atoms with Crippen molar-refractivity contribution in [2.45, 2.75) is 25.4 Å². The molecule has 1 aromatic heterocycles. The predicted octanol–water partition coefficient (Wildman–Crippen LogP) is 4.17. The van der Waals surface area contributed by atoms with Crippen molar-refractivity contribution in [3.8, 4) is 6.07 Å². The van der Waals surface area contributed by atoms with E-state index in [9.17, 15) is 4.79 Å². The fourth-order valence-electron chi connectivity index (χ4n) is 3.09. The van der Waals surface area contributed by atoms with Gasteiger partial charge in [-0.3, -0.25) is 4.79 Å². The number of fused-ring (bicyclic) bond motifs is 1. The molecular formula is C21H22N4OS. The van der Waals surface area contributed by atoms with Crippen LogP contribution in [0.1, 0.15) is 35.1 Å². The molecule has 1 amide bonds. The van der Waals surface area contributed by atoms with Crippen LogP contribution in [0.5, 0.6) is 0 Å². The van der Waals surface area contributed by atoms with Crippen LogP contribution in [-0.2, 0) is 6.54 Å². The number of hydrogen-bond acceptors (Lipinski definition) is 4. The third kappa shape index (κ3) is 4.50. The van der Waals surface area contributed by atoms with Gasteiger partial charge in [0.05, 0.1) is 29.6 Å². The Kier molecular flexibility index (Phi) is 6.50. The number of carbonyl (C=O) groups is 1. The summed E-state index contributed by atoms with van der Waals surface area (Å²) in [6.07, 6.45) is 3.22. The van der Waals surface area contributed by atoms with E-state index in [-0.39, 0.29) is 11.9 Å². The van der Waals surface area contributed by atoms with Crippen molar-refractivity contribution in [3.05, 3.63) is 66.0 Å². The SMILES string of the molecule is CSCC[C@H](NC(=O)c1ccccc1)c1nc2ccccc2n1CCC#N. The highest BCUT2D eigenvalue weighted by Crippen LogP contribution is 2.25. The third-order valence-corrected chi connectivity index (χ3v) is 5.04. The lowest BCUT2D eigenvalue weighted by Gasteiger charge is -2.19. The van der Waals surface area contributed by atoms with E-state index in [4.69, 9.17) is 10.2 Å². The van der Waals surface area contributed by atoms with Gasteiger partial charge in [-0.25, -0.2) is 4.98 Å². The van der Waals surface area contributed by atoms with Crippen LogP contribution in [0.2, 0.25) is 0 Å². The minimum atomic E-state index is -0.212. The molecule has 1 N–H and O–H groups in total. The Morgan fingerprint density at radius 3 is 2.70 bits per heavy atom. The van der Waals surface area contributed by atoms with Gasteiger partial charge >= 0.3 is 0 Å². The van der Waals surface area contributed by atoms with Gasteiger partial charge in [-0.2, -0.15) is 17.0 Å². The first-order valence-corrected chi connectivity index (χ1v) is 10.3. The van der Waals surface area contributed by atoms with Crippen LogP contribution in [0.25, 0.3) is 11.0 Å². The summed E-state index contributed by atoms with van der Waals surface area (Å²) >= 11 is 1.74. The van der Waals surface area contributed by atoms with E-state index >= 15 is 0 Å². The highest BCUT2D eigenvalue weighted by atomic mass is 32.2. The van der Waals surface area contributed by atoms with Gasteiger partial charge in [0.25, 0.3) is 5.91 Å². The molecule has 0 aliphatic rings. The lowest BCUT2D eigenvalue weighted by molar-refractivity contribution is 0.0933. The number of nitrogens with zero attached hydrogens (tertiary/aromatic N) is 3. The molecule has 27 heavy (non-hydrogen) atoms. The largest absolute Gasteiger partial charge is 0.342 e. The van der Waals surface area contributed by atoms with Gasteiger partial charge in [-0.1, -0.05) is 30.3 Å². The molecular weight excluding hydrogens is 356 g/mol. The fraction of sp³-hybridized carbons (Fsp3) is 0.286. The van der Waals surface area contributed by atoms with Gasteiger partial charge in [0, 0.05) is 12.1 Å². The number of benzene rings is 2. The molecule has 138 valence electrons. The summed E-state index contributed by atoms with van der Waals surface area (Å²) in [6.45, 7) is 0.559. The lowest BCUT2D eigenvalue weighted by Crippen LogP contribution is -2.31. The highest BCUT2D eigenvalue weighted by Gasteiger charge is 2.22. The maximum Gasteiger partial charge on any atom is 0.251 e. The maximum absolute atomic E-state index is 12.7. The first-order valence-electron chi connectivity index (χ1n) is 8.91. The van der Waals surface area contributed by atoms with Crippen LogP contribution in [0.15, 0.2) is 54.6 Å². The number of nitriles is 1. The third-order valence-electron chi connectivity index (χ3n) is 4.39. The quantitative estimate of drug-likeness (QED) is 0.638.